The summed E-state index contributed by atoms with van der Waals surface area (Å²) in [6.07, 6.45) is 3.83. The molecule has 0 amide bonds. The molecule has 0 unspecified atom stereocenters. The first-order valence-electron chi connectivity index (χ1n) is 7.18. The summed E-state index contributed by atoms with van der Waals surface area (Å²) in [5, 5.41) is 0. The van der Waals surface area contributed by atoms with Crippen LogP contribution < -0.4 is 0 Å². The first kappa shape index (κ1) is 28.1. The molecule has 2 aliphatic heterocycles. The summed E-state index contributed by atoms with van der Waals surface area (Å²) in [6, 6.07) is 0. The van der Waals surface area contributed by atoms with Crippen LogP contribution in [0.4, 0.5) is 0 Å². The molecule has 0 atom stereocenters. The van der Waals surface area contributed by atoms with Crippen LogP contribution in [0, 0.1) is 0 Å². The second-order valence-corrected chi connectivity index (χ2v) is 3.30. The maximum absolute atomic E-state index is 10.5. The minimum atomic E-state index is -0.258. The van der Waals surface area contributed by atoms with E-state index in [4.69, 9.17) is 9.47 Å². The van der Waals surface area contributed by atoms with E-state index in [1.54, 1.807) is 0 Å². The fourth-order valence-corrected chi connectivity index (χ4v) is 1.22. The van der Waals surface area contributed by atoms with Gasteiger partial charge in [0.1, 0.15) is 13.2 Å². The van der Waals surface area contributed by atoms with Gasteiger partial charge in [0.05, 0.1) is 13.2 Å². The van der Waals surface area contributed by atoms with Crippen LogP contribution in [0.5, 0.6) is 0 Å². The van der Waals surface area contributed by atoms with Gasteiger partial charge in [-0.2, -0.15) is 0 Å². The lowest BCUT2D eigenvalue weighted by Gasteiger charge is -2.09. The van der Waals surface area contributed by atoms with Gasteiger partial charge < -0.3 is 14.2 Å². The van der Waals surface area contributed by atoms with Gasteiger partial charge in [0.15, 0.2) is 0 Å². The Morgan fingerprint density at radius 2 is 1.29 bits per heavy atom. The van der Waals surface area contributed by atoms with Gasteiger partial charge in [-0.3, -0.25) is 4.79 Å². The van der Waals surface area contributed by atoms with E-state index in [0.29, 0.717) is 26.2 Å². The fraction of sp³-hybridized carbons (Fsp3) is 0.875. The Bertz CT molecular complexity index is 199. The van der Waals surface area contributed by atoms with Crippen LogP contribution in [0.2, 0.25) is 0 Å². The molecule has 2 saturated heterocycles. The van der Waals surface area contributed by atoms with Crippen molar-refractivity contribution in [3.05, 3.63) is 0 Å². The normalized spacial score (nSPS) is 16.0. The predicted molar refractivity (Wildman–Crippen MR) is 87.4 cm³/mol. The van der Waals surface area contributed by atoms with Crippen molar-refractivity contribution in [2.24, 2.45) is 0 Å². The number of carbonyl (C=O) groups excluding carboxylic acids is 2. The number of hydrogen-bond donors (Lipinski definition) is 0. The van der Waals surface area contributed by atoms with E-state index in [1.807, 2.05) is 27.7 Å². The van der Waals surface area contributed by atoms with Gasteiger partial charge >= 0.3 is 11.9 Å². The van der Waals surface area contributed by atoms with Crippen molar-refractivity contribution in [2.75, 3.05) is 26.4 Å². The average molecular weight is 308 g/mol. The standard InChI is InChI=1S/C6H10O2.C4H6O3.2C2H6.2CH4/c7-6-4-2-1-3-5-8-6;5-4-3-6-1-2-7-4;2*1-2;;/h1-5H2;1-3H2;2*1-2H3;2*1H4. The summed E-state index contributed by atoms with van der Waals surface area (Å²) in [6.45, 7) is 9.73. The summed E-state index contributed by atoms with van der Waals surface area (Å²) in [5.41, 5.74) is 0. The first-order valence-corrected chi connectivity index (χ1v) is 7.18. The van der Waals surface area contributed by atoms with Crippen molar-refractivity contribution in [1.82, 2.24) is 0 Å². The second kappa shape index (κ2) is 24.0. The predicted octanol–water partition coefficient (Wildman–Crippen LogP) is 3.99. The number of hydrogen-bond acceptors (Lipinski definition) is 5. The molecule has 130 valence electrons. The van der Waals surface area contributed by atoms with Crippen LogP contribution in [-0.2, 0) is 23.8 Å². The number of cyclic esters (lactones) is 2. The minimum Gasteiger partial charge on any atom is -0.466 e. The molecule has 0 radical (unpaired) electrons. The van der Waals surface area contributed by atoms with Crippen LogP contribution >= 0.6 is 0 Å². The van der Waals surface area contributed by atoms with Crippen LogP contribution in [-0.4, -0.2) is 38.4 Å². The molecule has 2 rings (SSSR count). The van der Waals surface area contributed by atoms with Crippen LogP contribution in [0.25, 0.3) is 0 Å². The molecule has 0 aromatic heterocycles. The molecule has 2 heterocycles. The second-order valence-electron chi connectivity index (χ2n) is 3.30. The lowest BCUT2D eigenvalue weighted by molar-refractivity contribution is -0.159. The number of esters is 2. The lowest BCUT2D eigenvalue weighted by Crippen LogP contribution is -2.22. The zero-order valence-corrected chi connectivity index (χ0v) is 12.7. The van der Waals surface area contributed by atoms with Gasteiger partial charge in [0.25, 0.3) is 0 Å². The smallest absolute Gasteiger partial charge is 0.332 e. The molecule has 0 aromatic carbocycles. The summed E-state index contributed by atoms with van der Waals surface area (Å²) in [4.78, 5) is 20.6. The largest absolute Gasteiger partial charge is 0.466 e. The maximum atomic E-state index is 10.5. The highest BCUT2D eigenvalue weighted by Gasteiger charge is 2.07. The quantitative estimate of drug-likeness (QED) is 0.633. The van der Waals surface area contributed by atoms with Gasteiger partial charge in [-0.05, 0) is 19.3 Å². The van der Waals surface area contributed by atoms with E-state index in [0.717, 1.165) is 19.3 Å². The molecule has 2 aliphatic rings. The summed E-state index contributed by atoms with van der Waals surface area (Å²) in [7, 11) is 0. The Kier molecular flexibility index (Phi) is 32.1. The van der Waals surface area contributed by atoms with Crippen molar-refractivity contribution in [1.29, 1.82) is 0 Å². The zero-order chi connectivity index (χ0) is 14.9. The Balaban J connectivity index is -0.000000104. The Morgan fingerprint density at radius 3 is 1.71 bits per heavy atom. The molecule has 21 heavy (non-hydrogen) atoms. The van der Waals surface area contributed by atoms with E-state index in [-0.39, 0.29) is 33.4 Å². The summed E-state index contributed by atoms with van der Waals surface area (Å²) in [5.74, 6) is -0.284. The van der Waals surface area contributed by atoms with Crippen molar-refractivity contribution >= 4 is 11.9 Å². The molecule has 0 aromatic rings. The molecular formula is C16H36O5. The van der Waals surface area contributed by atoms with E-state index in [9.17, 15) is 9.59 Å². The van der Waals surface area contributed by atoms with Crippen LogP contribution in [0.1, 0.15) is 68.2 Å². The third kappa shape index (κ3) is 21.4. The fourth-order valence-electron chi connectivity index (χ4n) is 1.22. The van der Waals surface area contributed by atoms with E-state index in [2.05, 4.69) is 4.74 Å². The number of ether oxygens (including phenoxy) is 3. The Morgan fingerprint density at radius 1 is 0.714 bits per heavy atom. The van der Waals surface area contributed by atoms with Crippen LogP contribution in [0.15, 0.2) is 0 Å². The van der Waals surface area contributed by atoms with Crippen molar-refractivity contribution < 1.29 is 23.8 Å². The Hall–Kier alpha value is -1.10. The lowest BCUT2D eigenvalue weighted by atomic mass is 10.2. The van der Waals surface area contributed by atoms with Gasteiger partial charge in [0.2, 0.25) is 0 Å². The third-order valence-electron chi connectivity index (χ3n) is 2.00. The molecule has 5 heteroatoms. The molecule has 0 saturated carbocycles. The summed E-state index contributed by atoms with van der Waals surface area (Å²) < 4.78 is 14.0. The van der Waals surface area contributed by atoms with Crippen molar-refractivity contribution in [2.45, 2.75) is 68.2 Å². The maximum Gasteiger partial charge on any atom is 0.332 e. The van der Waals surface area contributed by atoms with Gasteiger partial charge in [0, 0.05) is 6.42 Å². The van der Waals surface area contributed by atoms with Gasteiger partial charge in [-0.1, -0.05) is 42.5 Å². The van der Waals surface area contributed by atoms with E-state index in [1.165, 1.54) is 0 Å². The molecule has 5 nitrogen and oxygen atoms in total. The van der Waals surface area contributed by atoms with Crippen molar-refractivity contribution in [3.63, 3.8) is 0 Å². The molecule has 0 N–H and O–H groups in total. The van der Waals surface area contributed by atoms with Crippen LogP contribution in [0.3, 0.4) is 0 Å². The third-order valence-corrected chi connectivity index (χ3v) is 2.00. The van der Waals surface area contributed by atoms with Gasteiger partial charge in [-0.25, -0.2) is 4.79 Å². The highest BCUT2D eigenvalue weighted by atomic mass is 16.6. The SMILES string of the molecule is C.C.CC.CC.O=C1CCCCCO1.O=C1COCCO1. The van der Waals surface area contributed by atoms with Gasteiger partial charge in [-0.15, -0.1) is 0 Å². The first-order chi connectivity index (χ1) is 9.29. The topological polar surface area (TPSA) is 61.8 Å². The monoisotopic (exact) mass is 308 g/mol. The summed E-state index contributed by atoms with van der Waals surface area (Å²) >= 11 is 0. The van der Waals surface area contributed by atoms with Crippen molar-refractivity contribution in [3.8, 4) is 0 Å². The molecule has 2 fully saturated rings. The van der Waals surface area contributed by atoms with E-state index >= 15 is 0 Å². The van der Waals surface area contributed by atoms with E-state index < -0.39 is 0 Å². The average Bonchev–Trinajstić information content (AvgIpc) is 2.72. The molecular weight excluding hydrogens is 272 g/mol. The highest BCUT2D eigenvalue weighted by Crippen LogP contribution is 2.06. The zero-order valence-electron chi connectivity index (χ0n) is 12.7. The highest BCUT2D eigenvalue weighted by molar-refractivity contribution is 5.71. The molecule has 0 bridgehead atoms. The number of rotatable bonds is 0. The molecule has 0 spiro atoms. The minimum absolute atomic E-state index is 0. The molecule has 0 aliphatic carbocycles. The number of carbonyl (C=O) groups is 2. The Labute approximate surface area is 131 Å².